The molecule has 0 saturated carbocycles. The molecule has 0 heterocycles. The van der Waals surface area contributed by atoms with Gasteiger partial charge in [0.2, 0.25) is 0 Å². The van der Waals surface area contributed by atoms with Gasteiger partial charge in [0, 0.05) is 12.6 Å². The fourth-order valence-electron chi connectivity index (χ4n) is 1.69. The third kappa shape index (κ3) is 4.29. The van der Waals surface area contributed by atoms with Crippen LogP contribution in [0.5, 0.6) is 0 Å². The molecule has 1 aromatic rings. The Kier molecular flexibility index (Phi) is 5.43. The molecule has 0 radical (unpaired) electrons. The van der Waals surface area contributed by atoms with E-state index in [0.717, 1.165) is 18.5 Å². The van der Waals surface area contributed by atoms with Gasteiger partial charge >= 0.3 is 0 Å². The maximum atomic E-state index is 12.9. The van der Waals surface area contributed by atoms with E-state index in [4.69, 9.17) is 5.73 Å². The molecule has 0 aromatic heterocycles. The summed E-state index contributed by atoms with van der Waals surface area (Å²) in [6.45, 7) is 5.77. The highest BCUT2D eigenvalue weighted by Gasteiger charge is 2.09. The van der Waals surface area contributed by atoms with E-state index in [1.54, 1.807) is 12.1 Å². The molecule has 1 rings (SSSR count). The van der Waals surface area contributed by atoms with Crippen LogP contribution in [0.4, 0.5) is 4.39 Å². The van der Waals surface area contributed by atoms with Crippen molar-refractivity contribution >= 4 is 0 Å². The average Bonchev–Trinajstić information content (AvgIpc) is 2.24. The topological polar surface area (TPSA) is 38.0 Å². The summed E-state index contributed by atoms with van der Waals surface area (Å²) in [5.41, 5.74) is 6.68. The molecule has 0 fully saturated rings. The minimum absolute atomic E-state index is 0.170. The number of hydrogen-bond donors (Lipinski definition) is 2. The maximum Gasteiger partial charge on any atom is 0.123 e. The smallest absolute Gasteiger partial charge is 0.123 e. The minimum Gasteiger partial charge on any atom is -0.329 e. The summed E-state index contributed by atoms with van der Waals surface area (Å²) in [6.07, 6.45) is 0.834. The SMILES string of the molecule is CC(C)C(CN)NCCc1cccc(F)c1. The third-order valence-corrected chi connectivity index (χ3v) is 2.77. The van der Waals surface area contributed by atoms with Crippen molar-refractivity contribution in [3.63, 3.8) is 0 Å². The summed E-state index contributed by atoms with van der Waals surface area (Å²) in [5.74, 6) is 0.356. The lowest BCUT2D eigenvalue weighted by molar-refractivity contribution is 0.409. The van der Waals surface area contributed by atoms with Crippen LogP contribution in [-0.4, -0.2) is 19.1 Å². The zero-order chi connectivity index (χ0) is 12.0. The molecule has 3 N–H and O–H groups in total. The van der Waals surface area contributed by atoms with Crippen LogP contribution in [-0.2, 0) is 6.42 Å². The van der Waals surface area contributed by atoms with Gasteiger partial charge in [0.1, 0.15) is 5.82 Å². The second-order valence-electron chi connectivity index (χ2n) is 4.42. The van der Waals surface area contributed by atoms with E-state index < -0.39 is 0 Å². The molecule has 16 heavy (non-hydrogen) atoms. The van der Waals surface area contributed by atoms with Crippen molar-refractivity contribution in [2.45, 2.75) is 26.3 Å². The Labute approximate surface area is 97.0 Å². The summed E-state index contributed by atoms with van der Waals surface area (Å²) in [6, 6.07) is 7.07. The molecular weight excluding hydrogens is 203 g/mol. The summed E-state index contributed by atoms with van der Waals surface area (Å²) in [7, 11) is 0. The molecule has 2 nitrogen and oxygen atoms in total. The van der Waals surface area contributed by atoms with E-state index >= 15 is 0 Å². The van der Waals surface area contributed by atoms with E-state index in [1.807, 2.05) is 6.07 Å². The second-order valence-corrected chi connectivity index (χ2v) is 4.42. The van der Waals surface area contributed by atoms with Crippen LogP contribution in [0.15, 0.2) is 24.3 Å². The van der Waals surface area contributed by atoms with Gasteiger partial charge in [0.25, 0.3) is 0 Å². The largest absolute Gasteiger partial charge is 0.329 e. The van der Waals surface area contributed by atoms with E-state index in [-0.39, 0.29) is 5.82 Å². The van der Waals surface area contributed by atoms with Gasteiger partial charge < -0.3 is 11.1 Å². The number of halogens is 1. The van der Waals surface area contributed by atoms with Gasteiger partial charge in [-0.25, -0.2) is 4.39 Å². The van der Waals surface area contributed by atoms with E-state index in [1.165, 1.54) is 6.07 Å². The molecule has 1 aromatic carbocycles. The molecule has 1 atom stereocenters. The van der Waals surface area contributed by atoms with Crippen molar-refractivity contribution < 1.29 is 4.39 Å². The van der Waals surface area contributed by atoms with Gasteiger partial charge in [-0.15, -0.1) is 0 Å². The number of rotatable bonds is 6. The van der Waals surface area contributed by atoms with Crippen LogP contribution in [0.3, 0.4) is 0 Å². The second kappa shape index (κ2) is 6.61. The molecule has 90 valence electrons. The first kappa shape index (κ1) is 13.1. The summed E-state index contributed by atoms with van der Waals surface area (Å²) >= 11 is 0. The van der Waals surface area contributed by atoms with Gasteiger partial charge in [0.05, 0.1) is 0 Å². The summed E-state index contributed by atoms with van der Waals surface area (Å²) in [4.78, 5) is 0. The molecular formula is C13H21FN2. The van der Waals surface area contributed by atoms with Crippen molar-refractivity contribution in [2.75, 3.05) is 13.1 Å². The Morgan fingerprint density at radius 1 is 1.38 bits per heavy atom. The Morgan fingerprint density at radius 2 is 2.12 bits per heavy atom. The molecule has 0 saturated heterocycles. The minimum atomic E-state index is -0.170. The Morgan fingerprint density at radius 3 is 2.69 bits per heavy atom. The first-order valence-electron chi connectivity index (χ1n) is 5.81. The van der Waals surface area contributed by atoms with Crippen LogP contribution in [0.25, 0.3) is 0 Å². The first-order chi connectivity index (χ1) is 7.63. The summed E-state index contributed by atoms with van der Waals surface area (Å²) in [5, 5.41) is 3.39. The molecule has 1 unspecified atom stereocenters. The van der Waals surface area contributed by atoms with Crippen molar-refractivity contribution in [1.29, 1.82) is 0 Å². The normalized spacial score (nSPS) is 13.1. The van der Waals surface area contributed by atoms with E-state index in [2.05, 4.69) is 19.2 Å². The van der Waals surface area contributed by atoms with Crippen LogP contribution in [0, 0.1) is 11.7 Å². The Hall–Kier alpha value is -0.930. The lowest BCUT2D eigenvalue weighted by Crippen LogP contribution is -2.41. The van der Waals surface area contributed by atoms with Crippen molar-refractivity contribution in [3.05, 3.63) is 35.6 Å². The highest BCUT2D eigenvalue weighted by atomic mass is 19.1. The van der Waals surface area contributed by atoms with Crippen LogP contribution in [0.2, 0.25) is 0 Å². The highest BCUT2D eigenvalue weighted by Crippen LogP contribution is 2.04. The van der Waals surface area contributed by atoms with Crippen molar-refractivity contribution in [3.8, 4) is 0 Å². The lowest BCUT2D eigenvalue weighted by atomic mass is 10.0. The predicted molar refractivity (Wildman–Crippen MR) is 65.8 cm³/mol. The van der Waals surface area contributed by atoms with Crippen LogP contribution in [0.1, 0.15) is 19.4 Å². The lowest BCUT2D eigenvalue weighted by Gasteiger charge is -2.20. The van der Waals surface area contributed by atoms with Crippen LogP contribution < -0.4 is 11.1 Å². The summed E-state index contributed by atoms with van der Waals surface area (Å²) < 4.78 is 12.9. The first-order valence-corrected chi connectivity index (χ1v) is 5.81. The number of hydrogen-bond acceptors (Lipinski definition) is 2. The highest BCUT2D eigenvalue weighted by molar-refractivity contribution is 5.16. The van der Waals surface area contributed by atoms with E-state index in [0.29, 0.717) is 18.5 Å². The predicted octanol–water partition coefficient (Wildman–Crippen LogP) is 1.94. The molecule has 3 heteroatoms. The van der Waals surface area contributed by atoms with Crippen LogP contribution >= 0.6 is 0 Å². The van der Waals surface area contributed by atoms with Crippen molar-refractivity contribution in [1.82, 2.24) is 5.32 Å². The van der Waals surface area contributed by atoms with Gasteiger partial charge in [-0.3, -0.25) is 0 Å². The number of nitrogens with one attached hydrogen (secondary N) is 1. The maximum absolute atomic E-state index is 12.9. The van der Waals surface area contributed by atoms with E-state index in [9.17, 15) is 4.39 Å². The van der Waals surface area contributed by atoms with Gasteiger partial charge in [-0.2, -0.15) is 0 Å². The fourth-order valence-corrected chi connectivity index (χ4v) is 1.69. The molecule has 0 spiro atoms. The number of benzene rings is 1. The average molecular weight is 224 g/mol. The molecule has 0 aliphatic heterocycles. The van der Waals surface area contributed by atoms with Gasteiger partial charge in [0.15, 0.2) is 0 Å². The van der Waals surface area contributed by atoms with Gasteiger partial charge in [-0.1, -0.05) is 26.0 Å². The zero-order valence-corrected chi connectivity index (χ0v) is 10.0. The Bertz CT molecular complexity index is 313. The quantitative estimate of drug-likeness (QED) is 0.775. The zero-order valence-electron chi connectivity index (χ0n) is 10.0. The standard InChI is InChI=1S/C13H21FN2/c1-10(2)13(9-15)16-7-6-11-4-3-5-12(14)8-11/h3-5,8,10,13,16H,6-7,9,15H2,1-2H3. The molecule has 0 aliphatic carbocycles. The van der Waals surface area contributed by atoms with Crippen molar-refractivity contribution in [2.24, 2.45) is 11.7 Å². The molecule has 0 bridgehead atoms. The van der Waals surface area contributed by atoms with Gasteiger partial charge in [-0.05, 0) is 36.6 Å². The Balaban J connectivity index is 2.35. The molecule has 0 amide bonds. The fraction of sp³-hybridized carbons (Fsp3) is 0.538. The third-order valence-electron chi connectivity index (χ3n) is 2.77. The monoisotopic (exact) mass is 224 g/mol. The number of nitrogens with two attached hydrogens (primary N) is 1. The molecule has 0 aliphatic rings.